The molecule has 0 saturated heterocycles. The second-order valence-corrected chi connectivity index (χ2v) is 7.17. The largest absolute Gasteiger partial charge is 0.493 e. The number of allylic oxidation sites excluding steroid dienone is 1. The Morgan fingerprint density at radius 1 is 1.03 bits per heavy atom. The van der Waals surface area contributed by atoms with E-state index in [1.165, 1.54) is 44.6 Å². The van der Waals surface area contributed by atoms with Crippen molar-refractivity contribution < 1.29 is 37.0 Å². The fourth-order valence-corrected chi connectivity index (χ4v) is 3.03. The SMILES string of the molecule is C=CCOC(=O)C(Cc1ccc(OC)c(OC)c1)NC(=O)/C=C/Cc1ccc(C(F)(F)F)cc1. The molecule has 0 saturated carbocycles. The molecule has 0 radical (unpaired) electrons. The van der Waals surface area contributed by atoms with Crippen LogP contribution in [0.4, 0.5) is 13.2 Å². The third-order valence-electron chi connectivity index (χ3n) is 4.74. The first-order chi connectivity index (χ1) is 16.2. The highest BCUT2D eigenvalue weighted by Crippen LogP contribution is 2.29. The van der Waals surface area contributed by atoms with Crippen LogP contribution in [0.5, 0.6) is 11.5 Å². The van der Waals surface area contributed by atoms with Crippen molar-refractivity contribution >= 4 is 11.9 Å². The molecule has 0 aromatic heterocycles. The van der Waals surface area contributed by atoms with Crippen LogP contribution in [0.3, 0.4) is 0 Å². The number of benzene rings is 2. The van der Waals surface area contributed by atoms with Crippen molar-refractivity contribution in [2.75, 3.05) is 20.8 Å². The van der Waals surface area contributed by atoms with Gasteiger partial charge in [-0.3, -0.25) is 4.79 Å². The molecule has 0 bridgehead atoms. The number of carbonyl (C=O) groups is 2. The first-order valence-electron chi connectivity index (χ1n) is 10.3. The summed E-state index contributed by atoms with van der Waals surface area (Å²) in [6.45, 7) is 3.49. The van der Waals surface area contributed by atoms with Crippen LogP contribution in [0, 0.1) is 0 Å². The molecule has 2 rings (SSSR count). The molecule has 0 heterocycles. The van der Waals surface area contributed by atoms with Crippen LogP contribution in [0.25, 0.3) is 0 Å². The topological polar surface area (TPSA) is 73.9 Å². The molecule has 9 heteroatoms. The molecule has 0 aliphatic rings. The van der Waals surface area contributed by atoms with E-state index in [0.717, 1.165) is 12.1 Å². The van der Waals surface area contributed by atoms with Crippen molar-refractivity contribution in [2.24, 2.45) is 0 Å². The predicted octanol–water partition coefficient (Wildman–Crippen LogP) is 4.28. The monoisotopic (exact) mass is 477 g/mol. The lowest BCUT2D eigenvalue weighted by molar-refractivity contribution is -0.146. The predicted molar refractivity (Wildman–Crippen MR) is 121 cm³/mol. The fourth-order valence-electron chi connectivity index (χ4n) is 3.03. The van der Waals surface area contributed by atoms with Crippen molar-refractivity contribution in [3.8, 4) is 11.5 Å². The summed E-state index contributed by atoms with van der Waals surface area (Å²) in [5, 5.41) is 2.60. The number of rotatable bonds is 11. The normalized spacial score (nSPS) is 12.1. The third-order valence-corrected chi connectivity index (χ3v) is 4.74. The smallest absolute Gasteiger partial charge is 0.416 e. The Bertz CT molecular complexity index is 1020. The number of esters is 1. The first kappa shape index (κ1) is 26.5. The molecule has 1 N–H and O–H groups in total. The summed E-state index contributed by atoms with van der Waals surface area (Å²) >= 11 is 0. The van der Waals surface area contributed by atoms with Gasteiger partial charge in [-0.05, 0) is 47.9 Å². The number of ether oxygens (including phenoxy) is 3. The molecule has 0 fully saturated rings. The lowest BCUT2D eigenvalue weighted by Crippen LogP contribution is -2.42. The van der Waals surface area contributed by atoms with Crippen LogP contribution in [-0.2, 0) is 33.3 Å². The zero-order valence-electron chi connectivity index (χ0n) is 18.9. The minimum atomic E-state index is -4.41. The van der Waals surface area contributed by atoms with E-state index in [9.17, 15) is 22.8 Å². The van der Waals surface area contributed by atoms with E-state index in [0.29, 0.717) is 22.6 Å². The zero-order valence-corrected chi connectivity index (χ0v) is 18.9. The quantitative estimate of drug-likeness (QED) is 0.297. The molecule has 2 aromatic rings. The van der Waals surface area contributed by atoms with Crippen molar-refractivity contribution in [3.63, 3.8) is 0 Å². The molecule has 0 aliphatic carbocycles. The van der Waals surface area contributed by atoms with Crippen molar-refractivity contribution in [3.05, 3.63) is 84.0 Å². The van der Waals surface area contributed by atoms with Crippen LogP contribution in [-0.4, -0.2) is 38.7 Å². The lowest BCUT2D eigenvalue weighted by Gasteiger charge is -2.17. The van der Waals surface area contributed by atoms with Gasteiger partial charge in [0.05, 0.1) is 19.8 Å². The Labute approximate surface area is 196 Å². The molecule has 0 spiro atoms. The van der Waals surface area contributed by atoms with Crippen LogP contribution in [0.2, 0.25) is 0 Å². The van der Waals surface area contributed by atoms with Crippen molar-refractivity contribution in [1.82, 2.24) is 5.32 Å². The van der Waals surface area contributed by atoms with E-state index in [1.54, 1.807) is 18.2 Å². The number of alkyl halides is 3. The van der Waals surface area contributed by atoms with E-state index in [1.807, 2.05) is 0 Å². The molecule has 1 amide bonds. The van der Waals surface area contributed by atoms with Gasteiger partial charge < -0.3 is 19.5 Å². The van der Waals surface area contributed by atoms with Crippen molar-refractivity contribution in [1.29, 1.82) is 0 Å². The molecule has 1 unspecified atom stereocenters. The maximum atomic E-state index is 12.7. The summed E-state index contributed by atoms with van der Waals surface area (Å²) in [5.74, 6) is -0.194. The molecule has 34 heavy (non-hydrogen) atoms. The second kappa shape index (κ2) is 12.5. The van der Waals surface area contributed by atoms with Crippen molar-refractivity contribution in [2.45, 2.75) is 25.1 Å². The van der Waals surface area contributed by atoms with Gasteiger partial charge in [0.15, 0.2) is 11.5 Å². The van der Waals surface area contributed by atoms with E-state index >= 15 is 0 Å². The number of hydrogen-bond acceptors (Lipinski definition) is 5. The zero-order chi connectivity index (χ0) is 25.1. The van der Waals surface area contributed by atoms with Crippen LogP contribution in [0.1, 0.15) is 16.7 Å². The average Bonchev–Trinajstić information content (AvgIpc) is 2.81. The summed E-state index contributed by atoms with van der Waals surface area (Å²) in [4.78, 5) is 24.9. The van der Waals surface area contributed by atoms with E-state index < -0.39 is 29.7 Å². The Morgan fingerprint density at radius 2 is 1.68 bits per heavy atom. The maximum Gasteiger partial charge on any atom is 0.416 e. The molecule has 2 aromatic carbocycles. The average molecular weight is 477 g/mol. The summed E-state index contributed by atoms with van der Waals surface area (Å²) in [6.07, 6.45) is 0.108. The Balaban J connectivity index is 2.06. The lowest BCUT2D eigenvalue weighted by atomic mass is 10.0. The number of methoxy groups -OCH3 is 2. The minimum absolute atomic E-state index is 0.0130. The van der Waals surface area contributed by atoms with Gasteiger partial charge in [0.25, 0.3) is 0 Å². The molecular formula is C25H26F3NO5. The number of carbonyl (C=O) groups excluding carboxylic acids is 2. The molecule has 1 atom stereocenters. The maximum absolute atomic E-state index is 12.7. The number of hydrogen-bond donors (Lipinski definition) is 1. The second-order valence-electron chi connectivity index (χ2n) is 7.17. The van der Waals surface area contributed by atoms with Gasteiger partial charge in [-0.15, -0.1) is 0 Å². The van der Waals surface area contributed by atoms with Crippen LogP contribution in [0.15, 0.2) is 67.3 Å². The fraction of sp³-hybridized carbons (Fsp3) is 0.280. The molecular weight excluding hydrogens is 451 g/mol. The van der Waals surface area contributed by atoms with Crippen LogP contribution >= 0.6 is 0 Å². The van der Waals surface area contributed by atoms with Gasteiger partial charge in [0, 0.05) is 6.42 Å². The molecule has 182 valence electrons. The molecule has 6 nitrogen and oxygen atoms in total. The van der Waals surface area contributed by atoms with Gasteiger partial charge in [-0.25, -0.2) is 4.79 Å². The highest BCUT2D eigenvalue weighted by atomic mass is 19.4. The van der Waals surface area contributed by atoms with Gasteiger partial charge >= 0.3 is 12.1 Å². The number of amides is 1. The highest BCUT2D eigenvalue weighted by Gasteiger charge is 2.29. The Morgan fingerprint density at radius 3 is 2.26 bits per heavy atom. The Hall–Kier alpha value is -3.75. The Kier molecular flexibility index (Phi) is 9.73. The van der Waals surface area contributed by atoms with E-state index in [-0.39, 0.29) is 19.4 Å². The van der Waals surface area contributed by atoms with E-state index in [2.05, 4.69) is 11.9 Å². The standard InChI is InChI=1S/C25H26F3NO5/c1-4-14-34-24(31)20(15-18-10-13-21(32-2)22(16-18)33-3)29-23(30)7-5-6-17-8-11-19(12-9-17)25(26,27)28/h4-5,7-13,16,20H,1,6,14-15H2,2-3H3,(H,29,30)/b7-5+. The summed E-state index contributed by atoms with van der Waals surface area (Å²) in [5.41, 5.74) is 0.561. The molecule has 0 aliphatic heterocycles. The number of halogens is 3. The van der Waals surface area contributed by atoms with Crippen LogP contribution < -0.4 is 14.8 Å². The van der Waals surface area contributed by atoms with Gasteiger partial charge in [-0.2, -0.15) is 13.2 Å². The minimum Gasteiger partial charge on any atom is -0.493 e. The summed E-state index contributed by atoms with van der Waals surface area (Å²) < 4.78 is 53.5. The number of nitrogens with one attached hydrogen (secondary N) is 1. The first-order valence-corrected chi connectivity index (χ1v) is 10.3. The van der Waals surface area contributed by atoms with Gasteiger partial charge in [0.1, 0.15) is 12.6 Å². The van der Waals surface area contributed by atoms with Gasteiger partial charge in [-0.1, -0.05) is 36.9 Å². The third kappa shape index (κ3) is 7.99. The summed E-state index contributed by atoms with van der Waals surface area (Å²) in [7, 11) is 2.99. The van der Waals surface area contributed by atoms with E-state index in [4.69, 9.17) is 14.2 Å². The highest BCUT2D eigenvalue weighted by molar-refractivity contribution is 5.91. The van der Waals surface area contributed by atoms with Gasteiger partial charge in [0.2, 0.25) is 5.91 Å². The summed E-state index contributed by atoms with van der Waals surface area (Å²) in [6, 6.07) is 8.79.